The summed E-state index contributed by atoms with van der Waals surface area (Å²) < 4.78 is 18.0. The molecule has 16 heavy (non-hydrogen) atoms. The number of amides is 1. The summed E-state index contributed by atoms with van der Waals surface area (Å²) in [5.41, 5.74) is 0.193. The summed E-state index contributed by atoms with van der Waals surface area (Å²) in [6.07, 6.45) is -0.632. The van der Waals surface area contributed by atoms with Gasteiger partial charge in [-0.2, -0.15) is 0 Å². The van der Waals surface area contributed by atoms with Gasteiger partial charge in [0, 0.05) is 12.1 Å². The van der Waals surface area contributed by atoms with E-state index in [0.29, 0.717) is 0 Å². The molecule has 0 aliphatic rings. The van der Waals surface area contributed by atoms with E-state index >= 15 is 0 Å². The van der Waals surface area contributed by atoms with E-state index in [-0.39, 0.29) is 17.9 Å². The molecule has 5 heteroatoms. The lowest BCUT2D eigenvalue weighted by molar-refractivity contribution is 0.0923. The Balaban J connectivity index is 2.73. The summed E-state index contributed by atoms with van der Waals surface area (Å²) in [5, 5.41) is 11.4. The van der Waals surface area contributed by atoms with Crippen molar-refractivity contribution in [2.24, 2.45) is 0 Å². The van der Waals surface area contributed by atoms with Crippen molar-refractivity contribution in [2.45, 2.75) is 13.0 Å². The first-order valence-corrected chi connectivity index (χ1v) is 4.84. The fourth-order valence-corrected chi connectivity index (χ4v) is 1.15. The van der Waals surface area contributed by atoms with Gasteiger partial charge in [0.25, 0.3) is 5.91 Å². The first-order valence-electron chi connectivity index (χ1n) is 4.84. The highest BCUT2D eigenvalue weighted by Crippen LogP contribution is 2.17. The van der Waals surface area contributed by atoms with Crippen molar-refractivity contribution in [3.8, 4) is 5.75 Å². The molecule has 0 spiro atoms. The molecule has 0 bridgehead atoms. The quantitative estimate of drug-likeness (QED) is 0.805. The SMILES string of the molecule is COc1ccc(C(=O)NCC(C)O)cc1F. The zero-order valence-corrected chi connectivity index (χ0v) is 9.16. The van der Waals surface area contributed by atoms with Crippen molar-refractivity contribution in [1.29, 1.82) is 0 Å². The predicted octanol–water partition coefficient (Wildman–Crippen LogP) is 0.945. The number of benzene rings is 1. The molecular formula is C11H14FNO3. The van der Waals surface area contributed by atoms with Crippen molar-refractivity contribution in [3.05, 3.63) is 29.6 Å². The Bertz CT molecular complexity index is 379. The molecule has 0 fully saturated rings. The van der Waals surface area contributed by atoms with Gasteiger partial charge in [-0.15, -0.1) is 0 Å². The zero-order chi connectivity index (χ0) is 12.1. The average molecular weight is 227 g/mol. The maximum atomic E-state index is 13.3. The van der Waals surface area contributed by atoms with Gasteiger partial charge in [-0.25, -0.2) is 4.39 Å². The molecule has 1 amide bonds. The Labute approximate surface area is 93.0 Å². The lowest BCUT2D eigenvalue weighted by atomic mass is 10.2. The number of carbonyl (C=O) groups is 1. The van der Waals surface area contributed by atoms with E-state index in [1.54, 1.807) is 6.92 Å². The molecule has 88 valence electrons. The van der Waals surface area contributed by atoms with Gasteiger partial charge in [-0.3, -0.25) is 4.79 Å². The van der Waals surface area contributed by atoms with Crippen molar-refractivity contribution in [3.63, 3.8) is 0 Å². The van der Waals surface area contributed by atoms with Gasteiger partial charge in [-0.05, 0) is 25.1 Å². The van der Waals surface area contributed by atoms with Crippen LogP contribution in [0.2, 0.25) is 0 Å². The van der Waals surface area contributed by atoms with Crippen LogP contribution in [0.3, 0.4) is 0 Å². The number of aliphatic hydroxyl groups excluding tert-OH is 1. The number of hydrogen-bond acceptors (Lipinski definition) is 3. The molecule has 1 aromatic rings. The van der Waals surface area contributed by atoms with Gasteiger partial charge < -0.3 is 15.2 Å². The highest BCUT2D eigenvalue weighted by molar-refractivity contribution is 5.94. The second-order valence-electron chi connectivity index (χ2n) is 3.41. The summed E-state index contributed by atoms with van der Waals surface area (Å²) in [4.78, 5) is 11.5. The number of nitrogens with one attached hydrogen (secondary N) is 1. The third kappa shape index (κ3) is 3.20. The van der Waals surface area contributed by atoms with Crippen LogP contribution in [0, 0.1) is 5.82 Å². The van der Waals surface area contributed by atoms with Crippen molar-refractivity contribution in [1.82, 2.24) is 5.32 Å². The van der Waals surface area contributed by atoms with Crippen LogP contribution in [-0.2, 0) is 0 Å². The van der Waals surface area contributed by atoms with Gasteiger partial charge in [0.15, 0.2) is 11.6 Å². The molecule has 1 rings (SSSR count). The zero-order valence-electron chi connectivity index (χ0n) is 9.16. The number of hydrogen-bond donors (Lipinski definition) is 2. The summed E-state index contributed by atoms with van der Waals surface area (Å²) in [6, 6.07) is 3.93. The molecule has 1 atom stereocenters. The normalized spacial score (nSPS) is 12.0. The molecule has 4 nitrogen and oxygen atoms in total. The largest absolute Gasteiger partial charge is 0.494 e. The molecule has 0 radical (unpaired) electrons. The molecule has 2 N–H and O–H groups in total. The van der Waals surface area contributed by atoms with Crippen molar-refractivity contribution >= 4 is 5.91 Å². The topological polar surface area (TPSA) is 58.6 Å². The highest BCUT2D eigenvalue weighted by Gasteiger charge is 2.10. The van der Waals surface area contributed by atoms with E-state index in [4.69, 9.17) is 9.84 Å². The Morgan fingerprint density at radius 3 is 2.81 bits per heavy atom. The molecule has 0 heterocycles. The number of rotatable bonds is 4. The van der Waals surface area contributed by atoms with Crippen LogP contribution in [0.15, 0.2) is 18.2 Å². The molecule has 1 aromatic carbocycles. The van der Waals surface area contributed by atoms with Gasteiger partial charge in [0.1, 0.15) is 0 Å². The minimum atomic E-state index is -0.632. The fraction of sp³-hybridized carbons (Fsp3) is 0.364. The Morgan fingerprint density at radius 1 is 1.62 bits per heavy atom. The molecule has 0 aromatic heterocycles. The van der Waals surface area contributed by atoms with Crippen LogP contribution in [-0.4, -0.2) is 30.8 Å². The first kappa shape index (κ1) is 12.4. The van der Waals surface area contributed by atoms with Gasteiger partial charge in [-0.1, -0.05) is 0 Å². The number of aliphatic hydroxyl groups is 1. The predicted molar refractivity (Wildman–Crippen MR) is 57.0 cm³/mol. The van der Waals surface area contributed by atoms with Crippen LogP contribution in [0.5, 0.6) is 5.75 Å². The molecule has 0 saturated carbocycles. The summed E-state index contributed by atoms with van der Waals surface area (Å²) in [6.45, 7) is 1.68. The minimum Gasteiger partial charge on any atom is -0.494 e. The number of halogens is 1. The Hall–Kier alpha value is -1.62. The fourth-order valence-electron chi connectivity index (χ4n) is 1.15. The van der Waals surface area contributed by atoms with Gasteiger partial charge in [0.05, 0.1) is 13.2 Å². The van der Waals surface area contributed by atoms with E-state index in [1.807, 2.05) is 0 Å². The summed E-state index contributed by atoms with van der Waals surface area (Å²) in [5.74, 6) is -0.929. The van der Waals surface area contributed by atoms with E-state index in [9.17, 15) is 9.18 Å². The van der Waals surface area contributed by atoms with Crippen LogP contribution < -0.4 is 10.1 Å². The molecule has 0 aliphatic carbocycles. The van der Waals surface area contributed by atoms with Crippen LogP contribution >= 0.6 is 0 Å². The third-order valence-electron chi connectivity index (χ3n) is 1.97. The first-order chi connectivity index (χ1) is 7.54. The lowest BCUT2D eigenvalue weighted by Crippen LogP contribution is -2.30. The van der Waals surface area contributed by atoms with Crippen LogP contribution in [0.4, 0.5) is 4.39 Å². The number of methoxy groups -OCH3 is 1. The monoisotopic (exact) mass is 227 g/mol. The maximum absolute atomic E-state index is 13.3. The lowest BCUT2D eigenvalue weighted by Gasteiger charge is -2.08. The van der Waals surface area contributed by atoms with Crippen molar-refractivity contribution < 1.29 is 19.0 Å². The minimum absolute atomic E-state index is 0.0899. The highest BCUT2D eigenvalue weighted by atomic mass is 19.1. The molecular weight excluding hydrogens is 213 g/mol. The molecule has 1 unspecified atom stereocenters. The second-order valence-corrected chi connectivity index (χ2v) is 3.41. The number of carbonyl (C=O) groups excluding carboxylic acids is 1. The maximum Gasteiger partial charge on any atom is 0.251 e. The van der Waals surface area contributed by atoms with Crippen LogP contribution in [0.1, 0.15) is 17.3 Å². The van der Waals surface area contributed by atoms with E-state index in [1.165, 1.54) is 19.2 Å². The molecule has 0 aliphatic heterocycles. The Morgan fingerprint density at radius 2 is 2.31 bits per heavy atom. The second kappa shape index (κ2) is 5.46. The van der Waals surface area contributed by atoms with Gasteiger partial charge >= 0.3 is 0 Å². The smallest absolute Gasteiger partial charge is 0.251 e. The van der Waals surface area contributed by atoms with Crippen LogP contribution in [0.25, 0.3) is 0 Å². The number of ether oxygens (including phenoxy) is 1. The van der Waals surface area contributed by atoms with Gasteiger partial charge in [0.2, 0.25) is 0 Å². The average Bonchev–Trinajstić information content (AvgIpc) is 2.25. The molecule has 0 saturated heterocycles. The van der Waals surface area contributed by atoms with Crippen molar-refractivity contribution in [2.75, 3.05) is 13.7 Å². The summed E-state index contributed by atoms with van der Waals surface area (Å²) >= 11 is 0. The van der Waals surface area contributed by atoms with E-state index in [2.05, 4.69) is 5.32 Å². The van der Waals surface area contributed by atoms with E-state index in [0.717, 1.165) is 6.07 Å². The standard InChI is InChI=1S/C11H14FNO3/c1-7(14)6-13-11(15)8-3-4-10(16-2)9(12)5-8/h3-5,7,14H,6H2,1-2H3,(H,13,15). The van der Waals surface area contributed by atoms with E-state index < -0.39 is 17.8 Å². The summed E-state index contributed by atoms with van der Waals surface area (Å²) in [7, 11) is 1.35. The third-order valence-corrected chi connectivity index (χ3v) is 1.97. The Kier molecular flexibility index (Phi) is 4.25.